The van der Waals surface area contributed by atoms with Gasteiger partial charge in [-0.2, -0.15) is 0 Å². The smallest absolute Gasteiger partial charge is 0.240 e. The van der Waals surface area contributed by atoms with Gasteiger partial charge in [0.2, 0.25) is 5.91 Å². The van der Waals surface area contributed by atoms with Crippen LogP contribution < -0.4 is 10.6 Å². The Balaban J connectivity index is 2.36. The molecule has 1 aliphatic rings. The summed E-state index contributed by atoms with van der Waals surface area (Å²) in [5.74, 6) is 0.145. The minimum atomic E-state index is -0.305. The Morgan fingerprint density at radius 1 is 1.50 bits per heavy atom. The van der Waals surface area contributed by atoms with Crippen LogP contribution in [0.2, 0.25) is 0 Å². The Bertz CT molecular complexity index is 213. The van der Waals surface area contributed by atoms with Gasteiger partial charge in [0.1, 0.15) is 0 Å². The second kappa shape index (κ2) is 6.86. The molecule has 1 saturated heterocycles. The third-order valence-electron chi connectivity index (χ3n) is 3.09. The summed E-state index contributed by atoms with van der Waals surface area (Å²) in [6.07, 6.45) is 4.01. The third-order valence-corrected chi connectivity index (χ3v) is 3.09. The van der Waals surface area contributed by atoms with Crippen LogP contribution in [0.15, 0.2) is 0 Å². The molecule has 1 fully saturated rings. The average molecular weight is 228 g/mol. The lowest BCUT2D eigenvalue weighted by atomic mass is 9.91. The van der Waals surface area contributed by atoms with Gasteiger partial charge in [-0.1, -0.05) is 13.3 Å². The molecule has 2 N–H and O–H groups in total. The number of carbonyl (C=O) groups is 1. The Kier molecular flexibility index (Phi) is 5.77. The predicted octanol–water partition coefficient (Wildman–Crippen LogP) is 1.06. The lowest BCUT2D eigenvalue weighted by Gasteiger charge is -2.27. The number of hydrogen-bond acceptors (Lipinski definition) is 3. The molecule has 0 saturated carbocycles. The molecule has 0 spiro atoms. The Morgan fingerprint density at radius 3 is 2.88 bits per heavy atom. The van der Waals surface area contributed by atoms with E-state index in [9.17, 15) is 4.79 Å². The monoisotopic (exact) mass is 228 g/mol. The van der Waals surface area contributed by atoms with Crippen LogP contribution in [-0.2, 0) is 9.53 Å². The molecule has 1 amide bonds. The van der Waals surface area contributed by atoms with Crippen LogP contribution >= 0.6 is 0 Å². The highest BCUT2D eigenvalue weighted by atomic mass is 16.5. The molecule has 0 aliphatic carbocycles. The molecule has 16 heavy (non-hydrogen) atoms. The van der Waals surface area contributed by atoms with Gasteiger partial charge in [0, 0.05) is 13.2 Å². The number of amides is 1. The number of ether oxygens (including phenoxy) is 1. The molecule has 4 heteroatoms. The second-order valence-electron chi connectivity index (χ2n) is 4.32. The zero-order valence-electron chi connectivity index (χ0n) is 10.5. The largest absolute Gasteiger partial charge is 0.380 e. The van der Waals surface area contributed by atoms with Crippen molar-refractivity contribution in [3.05, 3.63) is 0 Å². The molecular formula is C12H24N2O2. The van der Waals surface area contributed by atoms with Gasteiger partial charge >= 0.3 is 0 Å². The topological polar surface area (TPSA) is 50.4 Å². The molecule has 0 aromatic carbocycles. The maximum atomic E-state index is 12.1. The summed E-state index contributed by atoms with van der Waals surface area (Å²) in [6.45, 7) is 6.95. The Labute approximate surface area is 98.1 Å². The van der Waals surface area contributed by atoms with Crippen LogP contribution in [-0.4, -0.2) is 37.7 Å². The van der Waals surface area contributed by atoms with E-state index >= 15 is 0 Å². The first-order chi connectivity index (χ1) is 7.75. The van der Waals surface area contributed by atoms with Crippen molar-refractivity contribution < 1.29 is 9.53 Å². The van der Waals surface area contributed by atoms with Gasteiger partial charge in [-0.25, -0.2) is 0 Å². The normalized spacial score (nSPS) is 24.6. The standard InChI is InChI=1S/C12H24N2O2/c1-3-6-12(7-5-8-14-12)11(15)13-9-10-16-4-2/h14H,3-10H2,1-2H3,(H,13,15). The second-order valence-corrected chi connectivity index (χ2v) is 4.32. The van der Waals surface area contributed by atoms with Crippen LogP contribution in [0, 0.1) is 0 Å². The molecule has 1 heterocycles. The van der Waals surface area contributed by atoms with E-state index < -0.39 is 0 Å². The number of rotatable bonds is 7. The summed E-state index contributed by atoms with van der Waals surface area (Å²) >= 11 is 0. The molecule has 0 aromatic heterocycles. The fourth-order valence-corrected chi connectivity index (χ4v) is 2.30. The van der Waals surface area contributed by atoms with Crippen molar-refractivity contribution >= 4 is 5.91 Å². The summed E-state index contributed by atoms with van der Waals surface area (Å²) in [7, 11) is 0. The molecule has 4 nitrogen and oxygen atoms in total. The van der Waals surface area contributed by atoms with E-state index in [4.69, 9.17) is 4.74 Å². The lowest BCUT2D eigenvalue weighted by molar-refractivity contribution is -0.127. The third kappa shape index (κ3) is 3.46. The van der Waals surface area contributed by atoms with Gasteiger partial charge in [-0.05, 0) is 32.7 Å². The van der Waals surface area contributed by atoms with Crippen molar-refractivity contribution in [2.45, 2.75) is 45.1 Å². The van der Waals surface area contributed by atoms with E-state index in [1.54, 1.807) is 0 Å². The van der Waals surface area contributed by atoms with Gasteiger partial charge in [-0.15, -0.1) is 0 Å². The molecule has 1 aliphatic heterocycles. The summed E-state index contributed by atoms with van der Waals surface area (Å²) in [5.41, 5.74) is -0.305. The quantitative estimate of drug-likeness (QED) is 0.641. The van der Waals surface area contributed by atoms with E-state index in [0.717, 1.165) is 32.2 Å². The van der Waals surface area contributed by atoms with E-state index in [1.807, 2.05) is 6.92 Å². The first kappa shape index (κ1) is 13.5. The van der Waals surface area contributed by atoms with Crippen molar-refractivity contribution in [2.75, 3.05) is 26.3 Å². The summed E-state index contributed by atoms with van der Waals surface area (Å²) in [6, 6.07) is 0. The highest BCUT2D eigenvalue weighted by Crippen LogP contribution is 2.24. The molecule has 1 rings (SSSR count). The van der Waals surface area contributed by atoms with Crippen LogP contribution in [0.3, 0.4) is 0 Å². The van der Waals surface area contributed by atoms with Crippen molar-refractivity contribution in [3.63, 3.8) is 0 Å². The van der Waals surface area contributed by atoms with Gasteiger partial charge < -0.3 is 15.4 Å². The van der Waals surface area contributed by atoms with Crippen molar-refractivity contribution in [1.29, 1.82) is 0 Å². The zero-order valence-corrected chi connectivity index (χ0v) is 10.5. The van der Waals surface area contributed by atoms with Crippen LogP contribution in [0.4, 0.5) is 0 Å². The fourth-order valence-electron chi connectivity index (χ4n) is 2.30. The van der Waals surface area contributed by atoms with Gasteiger partial charge in [0.05, 0.1) is 12.1 Å². The highest BCUT2D eigenvalue weighted by Gasteiger charge is 2.39. The minimum absolute atomic E-state index is 0.145. The molecule has 1 unspecified atom stereocenters. The average Bonchev–Trinajstić information content (AvgIpc) is 2.74. The van der Waals surface area contributed by atoms with Crippen LogP contribution in [0.5, 0.6) is 0 Å². The summed E-state index contributed by atoms with van der Waals surface area (Å²) in [4.78, 5) is 12.1. The van der Waals surface area contributed by atoms with Gasteiger partial charge in [0.25, 0.3) is 0 Å². The Morgan fingerprint density at radius 2 is 2.31 bits per heavy atom. The van der Waals surface area contributed by atoms with Crippen molar-refractivity contribution in [3.8, 4) is 0 Å². The van der Waals surface area contributed by atoms with Crippen LogP contribution in [0.1, 0.15) is 39.5 Å². The number of nitrogens with one attached hydrogen (secondary N) is 2. The van der Waals surface area contributed by atoms with E-state index in [0.29, 0.717) is 19.8 Å². The number of carbonyl (C=O) groups excluding carboxylic acids is 1. The van der Waals surface area contributed by atoms with E-state index in [-0.39, 0.29) is 11.4 Å². The molecule has 0 aromatic rings. The van der Waals surface area contributed by atoms with E-state index in [2.05, 4.69) is 17.6 Å². The first-order valence-corrected chi connectivity index (χ1v) is 6.36. The van der Waals surface area contributed by atoms with Crippen molar-refractivity contribution in [2.24, 2.45) is 0 Å². The minimum Gasteiger partial charge on any atom is -0.380 e. The van der Waals surface area contributed by atoms with E-state index in [1.165, 1.54) is 0 Å². The molecule has 0 radical (unpaired) electrons. The van der Waals surface area contributed by atoms with Gasteiger partial charge in [-0.3, -0.25) is 4.79 Å². The SMILES string of the molecule is CCCC1(C(=O)NCCOCC)CCCN1. The predicted molar refractivity (Wildman–Crippen MR) is 64.4 cm³/mol. The highest BCUT2D eigenvalue weighted by molar-refractivity contribution is 5.86. The maximum absolute atomic E-state index is 12.1. The van der Waals surface area contributed by atoms with Crippen LogP contribution in [0.25, 0.3) is 0 Å². The van der Waals surface area contributed by atoms with Gasteiger partial charge in [0.15, 0.2) is 0 Å². The number of hydrogen-bond donors (Lipinski definition) is 2. The zero-order chi connectivity index (χ0) is 11.9. The first-order valence-electron chi connectivity index (χ1n) is 6.36. The molecular weight excluding hydrogens is 204 g/mol. The summed E-state index contributed by atoms with van der Waals surface area (Å²) in [5, 5.41) is 6.32. The summed E-state index contributed by atoms with van der Waals surface area (Å²) < 4.78 is 5.20. The molecule has 0 bridgehead atoms. The molecule has 1 atom stereocenters. The lowest BCUT2D eigenvalue weighted by Crippen LogP contribution is -2.53. The van der Waals surface area contributed by atoms with Crippen molar-refractivity contribution in [1.82, 2.24) is 10.6 Å². The Hall–Kier alpha value is -0.610. The fraction of sp³-hybridized carbons (Fsp3) is 0.917. The maximum Gasteiger partial charge on any atom is 0.240 e. The molecule has 94 valence electrons.